The summed E-state index contributed by atoms with van der Waals surface area (Å²) in [4.78, 5) is 27.9. The summed E-state index contributed by atoms with van der Waals surface area (Å²) in [7, 11) is -2.05. The van der Waals surface area contributed by atoms with Crippen LogP contribution >= 0.6 is 0 Å². The fourth-order valence-electron chi connectivity index (χ4n) is 3.79. The van der Waals surface area contributed by atoms with Crippen LogP contribution in [0.3, 0.4) is 0 Å². The van der Waals surface area contributed by atoms with Crippen LogP contribution in [0.4, 0.5) is 5.69 Å². The number of rotatable bonds is 13. The van der Waals surface area contributed by atoms with E-state index in [1.54, 1.807) is 36.1 Å². The molecule has 8 nitrogen and oxygen atoms in total. The summed E-state index contributed by atoms with van der Waals surface area (Å²) in [5.41, 5.74) is 2.47. The Balaban J connectivity index is 2.19. The van der Waals surface area contributed by atoms with E-state index in [1.165, 1.54) is 11.4 Å². The number of methoxy groups -OCH3 is 1. The van der Waals surface area contributed by atoms with Crippen LogP contribution in [0.15, 0.2) is 48.5 Å². The van der Waals surface area contributed by atoms with E-state index in [1.807, 2.05) is 45.0 Å². The largest absolute Gasteiger partial charge is 0.497 e. The number of carbonyl (C=O) groups is 2. The van der Waals surface area contributed by atoms with Crippen molar-refractivity contribution in [1.29, 1.82) is 0 Å². The van der Waals surface area contributed by atoms with E-state index >= 15 is 0 Å². The maximum absolute atomic E-state index is 13.4. The molecule has 0 fully saturated rings. The number of aryl methyl sites for hydroxylation is 1. The number of nitrogens with zero attached hydrogens (tertiary/aromatic N) is 2. The molecule has 0 saturated carbocycles. The quantitative estimate of drug-likeness (QED) is 0.435. The zero-order valence-electron chi connectivity index (χ0n) is 22.2. The van der Waals surface area contributed by atoms with Crippen molar-refractivity contribution in [2.75, 3.05) is 24.2 Å². The molecule has 1 N–H and O–H groups in total. The van der Waals surface area contributed by atoms with Gasteiger partial charge in [-0.15, -0.1) is 0 Å². The Bertz CT molecular complexity index is 1140. The van der Waals surface area contributed by atoms with E-state index in [4.69, 9.17) is 4.74 Å². The number of ether oxygens (including phenoxy) is 1. The first-order valence-corrected chi connectivity index (χ1v) is 14.1. The zero-order chi connectivity index (χ0) is 26.9. The first-order valence-electron chi connectivity index (χ1n) is 12.2. The monoisotopic (exact) mass is 517 g/mol. The van der Waals surface area contributed by atoms with E-state index in [0.29, 0.717) is 24.4 Å². The van der Waals surface area contributed by atoms with Crippen molar-refractivity contribution in [2.24, 2.45) is 0 Å². The normalized spacial score (nSPS) is 12.9. The topological polar surface area (TPSA) is 96.0 Å². The average molecular weight is 518 g/mol. The third-order valence-electron chi connectivity index (χ3n) is 6.26. The first-order chi connectivity index (χ1) is 17.0. The molecule has 2 amide bonds. The van der Waals surface area contributed by atoms with Crippen molar-refractivity contribution >= 4 is 27.5 Å². The number of amides is 2. The van der Waals surface area contributed by atoms with E-state index in [2.05, 4.69) is 5.32 Å². The molecule has 2 aromatic rings. The Morgan fingerprint density at radius 2 is 1.78 bits per heavy atom. The van der Waals surface area contributed by atoms with Crippen LogP contribution in [-0.4, -0.2) is 57.1 Å². The highest BCUT2D eigenvalue weighted by atomic mass is 32.2. The van der Waals surface area contributed by atoms with E-state index < -0.39 is 16.1 Å². The summed E-state index contributed by atoms with van der Waals surface area (Å²) >= 11 is 0. The van der Waals surface area contributed by atoms with Gasteiger partial charge in [0.2, 0.25) is 21.8 Å². The van der Waals surface area contributed by atoms with E-state index in [9.17, 15) is 18.0 Å². The minimum Gasteiger partial charge on any atom is -0.497 e. The summed E-state index contributed by atoms with van der Waals surface area (Å²) in [5, 5.41) is 2.96. The van der Waals surface area contributed by atoms with Crippen LogP contribution in [0.2, 0.25) is 0 Å². The van der Waals surface area contributed by atoms with Crippen LogP contribution in [0.1, 0.15) is 51.2 Å². The van der Waals surface area contributed by atoms with Gasteiger partial charge in [-0.05, 0) is 56.9 Å². The second kappa shape index (κ2) is 13.3. The Morgan fingerprint density at radius 3 is 2.39 bits per heavy atom. The molecule has 0 aliphatic rings. The second-order valence-corrected chi connectivity index (χ2v) is 11.0. The van der Waals surface area contributed by atoms with Crippen molar-refractivity contribution in [2.45, 2.75) is 65.6 Å². The van der Waals surface area contributed by atoms with Crippen molar-refractivity contribution in [3.8, 4) is 5.75 Å². The average Bonchev–Trinajstić information content (AvgIpc) is 2.84. The Labute approximate surface area is 215 Å². The number of carbonyl (C=O) groups excluding carboxylic acids is 2. The predicted octanol–water partition coefficient (Wildman–Crippen LogP) is 3.88. The molecule has 9 heteroatoms. The maximum atomic E-state index is 13.4. The lowest BCUT2D eigenvalue weighted by Gasteiger charge is -2.30. The molecule has 2 unspecified atom stereocenters. The molecule has 2 aromatic carbocycles. The number of hydrogen-bond acceptors (Lipinski definition) is 5. The number of nitrogens with one attached hydrogen (secondary N) is 1. The molecule has 0 bridgehead atoms. The van der Waals surface area contributed by atoms with Gasteiger partial charge in [-0.1, -0.05) is 37.3 Å². The van der Waals surface area contributed by atoms with Gasteiger partial charge >= 0.3 is 0 Å². The Morgan fingerprint density at radius 1 is 1.08 bits per heavy atom. The Hall–Kier alpha value is -3.07. The van der Waals surface area contributed by atoms with E-state index in [-0.39, 0.29) is 30.8 Å². The summed E-state index contributed by atoms with van der Waals surface area (Å²) < 4.78 is 31.5. The standard InChI is InChI=1S/C27H39N3O5S/c1-7-21(3)28-27(32)22(4)29(19-23-13-9-8-12-20(23)2)26(31)16-11-17-30(36(6,33)34)24-14-10-15-25(18-24)35-5/h8-10,12-15,18,21-22H,7,11,16-17,19H2,1-6H3,(H,28,32). The molecule has 0 aliphatic heterocycles. The van der Waals surface area contributed by atoms with Crippen LogP contribution < -0.4 is 14.4 Å². The van der Waals surface area contributed by atoms with Crippen molar-refractivity contribution in [3.05, 3.63) is 59.7 Å². The molecule has 198 valence electrons. The van der Waals surface area contributed by atoms with Gasteiger partial charge in [-0.2, -0.15) is 0 Å². The highest BCUT2D eigenvalue weighted by Crippen LogP contribution is 2.24. The minimum absolute atomic E-state index is 0.00143. The molecular formula is C27H39N3O5S. The van der Waals surface area contributed by atoms with Gasteiger partial charge in [0.1, 0.15) is 11.8 Å². The third kappa shape index (κ3) is 8.26. The molecule has 0 radical (unpaired) electrons. The van der Waals surface area contributed by atoms with Crippen molar-refractivity contribution in [1.82, 2.24) is 10.2 Å². The highest BCUT2D eigenvalue weighted by molar-refractivity contribution is 7.92. The summed E-state index contributed by atoms with van der Waals surface area (Å²) in [6.07, 6.45) is 2.33. The molecule has 0 aromatic heterocycles. The smallest absolute Gasteiger partial charge is 0.242 e. The molecule has 0 spiro atoms. The van der Waals surface area contributed by atoms with Crippen molar-refractivity contribution < 1.29 is 22.7 Å². The first kappa shape index (κ1) is 29.2. The second-order valence-electron chi connectivity index (χ2n) is 9.08. The van der Waals surface area contributed by atoms with Crippen LogP contribution in [0.25, 0.3) is 0 Å². The summed E-state index contributed by atoms with van der Waals surface area (Å²) in [5.74, 6) is 0.132. The molecule has 36 heavy (non-hydrogen) atoms. The van der Waals surface area contributed by atoms with Crippen LogP contribution in [0.5, 0.6) is 5.75 Å². The number of benzene rings is 2. The zero-order valence-corrected chi connectivity index (χ0v) is 23.0. The predicted molar refractivity (Wildman–Crippen MR) is 144 cm³/mol. The fourth-order valence-corrected chi connectivity index (χ4v) is 4.75. The minimum atomic E-state index is -3.57. The third-order valence-corrected chi connectivity index (χ3v) is 7.46. The number of sulfonamides is 1. The van der Waals surface area contributed by atoms with Gasteiger partial charge in [0.05, 0.1) is 19.1 Å². The Kier molecular flexibility index (Phi) is 10.8. The maximum Gasteiger partial charge on any atom is 0.242 e. The van der Waals surface area contributed by atoms with Gasteiger partial charge < -0.3 is 15.0 Å². The molecule has 0 heterocycles. The van der Waals surface area contributed by atoms with E-state index in [0.717, 1.165) is 23.8 Å². The molecule has 0 aliphatic carbocycles. The van der Waals surface area contributed by atoms with Gasteiger partial charge in [0.25, 0.3) is 0 Å². The fraction of sp³-hybridized carbons (Fsp3) is 0.481. The lowest BCUT2D eigenvalue weighted by atomic mass is 10.1. The van der Waals surface area contributed by atoms with Crippen molar-refractivity contribution in [3.63, 3.8) is 0 Å². The van der Waals surface area contributed by atoms with Gasteiger partial charge in [0.15, 0.2) is 0 Å². The van der Waals surface area contributed by atoms with Crippen LogP contribution in [-0.2, 0) is 26.2 Å². The summed E-state index contributed by atoms with van der Waals surface area (Å²) in [6, 6.07) is 13.9. The SMILES string of the molecule is CCC(C)NC(=O)C(C)N(Cc1ccccc1C)C(=O)CCCN(c1cccc(OC)c1)S(C)(=O)=O. The lowest BCUT2D eigenvalue weighted by molar-refractivity contribution is -0.140. The molecule has 2 rings (SSSR count). The van der Waals surface area contributed by atoms with Gasteiger partial charge in [-0.25, -0.2) is 8.42 Å². The van der Waals surface area contributed by atoms with Crippen LogP contribution in [0, 0.1) is 6.92 Å². The summed E-state index contributed by atoms with van der Waals surface area (Å²) in [6.45, 7) is 8.04. The highest BCUT2D eigenvalue weighted by Gasteiger charge is 2.27. The molecular weight excluding hydrogens is 478 g/mol. The molecule has 0 saturated heterocycles. The van der Waals surface area contributed by atoms with Gasteiger partial charge in [0, 0.05) is 31.6 Å². The lowest BCUT2D eigenvalue weighted by Crippen LogP contribution is -2.49. The molecule has 2 atom stereocenters. The number of hydrogen-bond donors (Lipinski definition) is 1. The number of anilines is 1. The van der Waals surface area contributed by atoms with Gasteiger partial charge in [-0.3, -0.25) is 13.9 Å².